The van der Waals surface area contributed by atoms with E-state index < -0.39 is 138 Å². The molecule has 28 heteroatoms. The molecule has 0 aromatic heterocycles. The highest BCUT2D eigenvalue weighted by molar-refractivity contribution is 8.77. The number of nitrogens with zero attached hydrogens (tertiary/aromatic N) is 2. The van der Waals surface area contributed by atoms with Crippen LogP contribution in [0.25, 0.3) is 0 Å². The Morgan fingerprint density at radius 1 is 0.741 bits per heavy atom. The van der Waals surface area contributed by atoms with Gasteiger partial charge in [-0.2, -0.15) is 0 Å². The molecule has 3 aliphatic rings. The Hall–Kier alpha value is -7.62. The minimum atomic E-state index is -1.77. The van der Waals surface area contributed by atoms with Crippen LogP contribution in [0.4, 0.5) is 0 Å². The van der Waals surface area contributed by atoms with Crippen molar-refractivity contribution in [2.24, 2.45) is 33.7 Å². The van der Waals surface area contributed by atoms with Crippen molar-refractivity contribution in [2.75, 3.05) is 32.0 Å². The van der Waals surface area contributed by atoms with Crippen LogP contribution in [0, 0.1) is 0 Å². The molecule has 2 aromatic carbocycles. The second-order valence-corrected chi connectivity index (χ2v) is 23.0. The van der Waals surface area contributed by atoms with Gasteiger partial charge in [-0.25, -0.2) is 0 Å². The van der Waals surface area contributed by atoms with Gasteiger partial charge >= 0.3 is 0 Å². The highest BCUT2D eigenvalue weighted by atomic mass is 33.1. The smallest absolute Gasteiger partial charge is 0.246 e. The molecule has 2 heterocycles. The molecule has 0 bridgehead atoms. The maximum Gasteiger partial charge on any atom is 0.246 e. The summed E-state index contributed by atoms with van der Waals surface area (Å²) >= 11 is 0. The van der Waals surface area contributed by atoms with E-state index in [1.807, 2.05) is 6.92 Å². The molecule has 17 N–H and O–H groups in total. The van der Waals surface area contributed by atoms with E-state index in [1.54, 1.807) is 54.6 Å². The number of ether oxygens (including phenoxy) is 1. The van der Waals surface area contributed by atoms with E-state index in [2.05, 4.69) is 42.2 Å². The second-order valence-electron chi connectivity index (χ2n) is 20.2. The van der Waals surface area contributed by atoms with Crippen LogP contribution < -0.4 is 70.6 Å². The first kappa shape index (κ1) is 64.2. The molecule has 5 rings (SSSR count). The number of primary amides is 3. The molecule has 26 nitrogen and oxygen atoms in total. The molecule has 7 atom stereocenters. The number of nitrogens with one attached hydrogen (secondary N) is 7. The summed E-state index contributed by atoms with van der Waals surface area (Å²) < 4.78 is 4.88. The van der Waals surface area contributed by atoms with Crippen LogP contribution in [0.15, 0.2) is 59.6 Å². The van der Waals surface area contributed by atoms with Crippen LogP contribution in [0.2, 0.25) is 0 Å². The van der Waals surface area contributed by atoms with Crippen molar-refractivity contribution < 1.29 is 57.5 Å². The van der Waals surface area contributed by atoms with Crippen molar-refractivity contribution >= 4 is 92.5 Å². The number of aliphatic imine (C=N–C) groups is 1. The molecule has 11 amide bonds. The topological polar surface area (TPSA) is 427 Å². The number of likely N-dealkylation sites (tertiary alicyclic amines) is 1. The fourth-order valence-electron chi connectivity index (χ4n) is 9.71. The van der Waals surface area contributed by atoms with Crippen molar-refractivity contribution in [2.45, 2.75) is 150 Å². The van der Waals surface area contributed by atoms with Gasteiger partial charge in [0.15, 0.2) is 5.96 Å². The van der Waals surface area contributed by atoms with Gasteiger partial charge in [0.2, 0.25) is 65.0 Å². The molecule has 442 valence electrons. The number of hydrogen-bond acceptors (Lipinski definition) is 15. The summed E-state index contributed by atoms with van der Waals surface area (Å²) in [5.41, 5.74) is 28.6. The summed E-state index contributed by atoms with van der Waals surface area (Å²) in [4.78, 5) is 157. The van der Waals surface area contributed by atoms with Gasteiger partial charge < -0.3 is 75.5 Å². The molecule has 1 aliphatic carbocycles. The Balaban J connectivity index is 1.54. The molecular weight excluding hydrogens is 1090 g/mol. The van der Waals surface area contributed by atoms with Gasteiger partial charge in [-0.15, -0.1) is 0 Å². The number of benzene rings is 2. The number of amides is 11. The minimum absolute atomic E-state index is 0.00891. The molecule has 2 aliphatic heterocycles. The lowest BCUT2D eigenvalue weighted by Crippen LogP contribution is -2.61. The Morgan fingerprint density at radius 2 is 1.36 bits per heavy atom. The summed E-state index contributed by atoms with van der Waals surface area (Å²) in [5.74, 6) is -8.88. The van der Waals surface area contributed by atoms with Gasteiger partial charge in [0.25, 0.3) is 0 Å². The highest BCUT2D eigenvalue weighted by Crippen LogP contribution is 2.48. The quantitative estimate of drug-likeness (QED) is 0.0280. The minimum Gasteiger partial charge on any atom is -0.494 e. The summed E-state index contributed by atoms with van der Waals surface area (Å²) in [6.45, 7) is 1.88. The Kier molecular flexibility index (Phi) is 25.4. The lowest BCUT2D eigenvalue weighted by Gasteiger charge is -2.37. The molecule has 0 unspecified atom stereocenters. The Morgan fingerprint density at radius 3 is 1.99 bits per heavy atom. The van der Waals surface area contributed by atoms with Gasteiger partial charge in [-0.1, -0.05) is 83.3 Å². The van der Waals surface area contributed by atoms with Crippen molar-refractivity contribution in [1.82, 2.24) is 42.1 Å². The fraction of sp³-hybridized carbons (Fsp3) is 0.547. The zero-order valence-electron chi connectivity index (χ0n) is 45.4. The van der Waals surface area contributed by atoms with Crippen LogP contribution in [-0.2, 0) is 65.6 Å². The second kappa shape index (κ2) is 32.0. The van der Waals surface area contributed by atoms with Crippen molar-refractivity contribution in [3.8, 4) is 5.75 Å². The van der Waals surface area contributed by atoms with E-state index in [1.165, 1.54) is 26.5 Å². The summed E-state index contributed by atoms with van der Waals surface area (Å²) in [7, 11) is 2.52. The average molecular weight is 1170 g/mol. The number of rotatable bonds is 21. The lowest BCUT2D eigenvalue weighted by atomic mass is 9.85. The summed E-state index contributed by atoms with van der Waals surface area (Å²) in [5, 5.41) is 18.5. The van der Waals surface area contributed by atoms with E-state index in [9.17, 15) is 52.7 Å². The zero-order chi connectivity index (χ0) is 59.1. The van der Waals surface area contributed by atoms with Crippen LogP contribution in [-0.4, -0.2) is 155 Å². The third kappa shape index (κ3) is 21.1. The van der Waals surface area contributed by atoms with Gasteiger partial charge in [-0.3, -0.25) is 57.7 Å². The van der Waals surface area contributed by atoms with Crippen LogP contribution in [0.5, 0.6) is 5.75 Å². The maximum absolute atomic E-state index is 15.0. The SMILES string of the molecule is CCOc1ccc(C[C@@H]2NC(=O)CC3(CCCCC3)SSC[C@@H](C(=O)N3CCC[C@H]3C(=O)N[C@@H](CCCN=C(N)N)C(=O)NCC(N)=O)NC(=O)[C@H](CC(N)=O)NC(=O)[C@H](CCC(N)=O)NC(=O)[C@H](Cc3ccccc3)NC2=O)cc1. The predicted octanol–water partition coefficient (Wildman–Crippen LogP) is -1.95. The molecular formula is C53H76N14O12S2. The zero-order valence-corrected chi connectivity index (χ0v) is 47.0. The van der Waals surface area contributed by atoms with E-state index in [-0.39, 0.29) is 63.3 Å². The fourth-order valence-corrected chi connectivity index (χ4v) is 13.1. The third-order valence-electron chi connectivity index (χ3n) is 13.8. The average Bonchev–Trinajstić information content (AvgIpc) is 3.95. The van der Waals surface area contributed by atoms with E-state index in [4.69, 9.17) is 33.4 Å². The van der Waals surface area contributed by atoms with Gasteiger partial charge in [-0.05, 0) is 75.1 Å². The molecule has 0 radical (unpaired) electrons. The van der Waals surface area contributed by atoms with E-state index in [0.717, 1.165) is 19.3 Å². The largest absolute Gasteiger partial charge is 0.494 e. The third-order valence-corrected chi connectivity index (χ3v) is 17.1. The predicted molar refractivity (Wildman–Crippen MR) is 303 cm³/mol. The molecule has 1 saturated carbocycles. The number of hydrogen-bond donors (Lipinski definition) is 12. The lowest BCUT2D eigenvalue weighted by molar-refractivity contribution is -0.142. The number of carbonyl (C=O) groups is 11. The molecule has 81 heavy (non-hydrogen) atoms. The highest BCUT2D eigenvalue weighted by Gasteiger charge is 2.42. The van der Waals surface area contributed by atoms with Crippen LogP contribution >= 0.6 is 21.6 Å². The van der Waals surface area contributed by atoms with Crippen LogP contribution in [0.1, 0.15) is 102 Å². The monoisotopic (exact) mass is 1160 g/mol. The summed E-state index contributed by atoms with van der Waals surface area (Å²) in [6, 6.07) is 5.81. The standard InChI is InChI=1S/C53H76N14O12S2/c1-2-79-33-17-15-32(16-18-33)26-36-47(74)64-37(25-31-11-5-3-6-12-31)48(75)62-35(19-20-41(54)68)46(73)65-38(27-42(55)69)49(76)66-39(30-80-81-53(28-44(71)61-36)21-7-4-8-22-53)51(78)67-24-10-14-40(67)50(77)63-34(13-9-23-59-52(57)58)45(72)60-29-43(56)70/h3,5-6,11-12,15-18,34-40H,2,4,7-10,13-14,19-30H2,1H3,(H2,54,68)(H2,55,69)(H2,56,70)(H,60,72)(H,61,71)(H,62,75)(H,63,77)(H,64,74)(H,65,73)(H,66,76)(H4,57,58,59)/t34-,35-,36-,37-,38-,39-,40-/m0/s1. The summed E-state index contributed by atoms with van der Waals surface area (Å²) in [6.07, 6.45) is 2.42. The van der Waals surface area contributed by atoms with E-state index in [0.29, 0.717) is 42.7 Å². The maximum atomic E-state index is 15.0. The molecule has 3 fully saturated rings. The van der Waals surface area contributed by atoms with Crippen molar-refractivity contribution in [3.05, 3.63) is 65.7 Å². The van der Waals surface area contributed by atoms with Gasteiger partial charge in [0.05, 0.1) is 19.6 Å². The van der Waals surface area contributed by atoms with Crippen molar-refractivity contribution in [3.63, 3.8) is 0 Å². The Bertz CT molecular complexity index is 2590. The number of carbonyl (C=O) groups excluding carboxylic acids is 11. The molecule has 2 aromatic rings. The molecule has 2 saturated heterocycles. The number of guanidine groups is 1. The van der Waals surface area contributed by atoms with Gasteiger partial charge in [0, 0.05) is 49.3 Å². The normalized spacial score (nSPS) is 22.5. The van der Waals surface area contributed by atoms with Crippen molar-refractivity contribution in [1.29, 1.82) is 0 Å². The Labute approximate surface area is 477 Å². The van der Waals surface area contributed by atoms with E-state index >= 15 is 0 Å². The number of nitrogens with two attached hydrogens (primary N) is 5. The first-order chi connectivity index (χ1) is 38.6. The first-order valence-corrected chi connectivity index (χ1v) is 29.3. The van der Waals surface area contributed by atoms with Crippen LogP contribution in [0.3, 0.4) is 0 Å². The first-order valence-electron chi connectivity index (χ1n) is 27.0. The van der Waals surface area contributed by atoms with Gasteiger partial charge in [0.1, 0.15) is 48.0 Å². The molecule has 1 spiro atoms.